The molecule has 18 heavy (non-hydrogen) atoms. The van der Waals surface area contributed by atoms with Crippen molar-refractivity contribution in [3.8, 4) is 0 Å². The summed E-state index contributed by atoms with van der Waals surface area (Å²) in [5, 5.41) is 3.32. The maximum absolute atomic E-state index is 5.51. The van der Waals surface area contributed by atoms with Gasteiger partial charge in [0.25, 0.3) is 0 Å². The van der Waals surface area contributed by atoms with Gasteiger partial charge in [-0.25, -0.2) is 9.97 Å². The van der Waals surface area contributed by atoms with E-state index in [-0.39, 0.29) is 0 Å². The van der Waals surface area contributed by atoms with E-state index in [9.17, 15) is 0 Å². The van der Waals surface area contributed by atoms with Gasteiger partial charge >= 0.3 is 0 Å². The van der Waals surface area contributed by atoms with Crippen molar-refractivity contribution in [3.05, 3.63) is 47.4 Å². The third-order valence-electron chi connectivity index (χ3n) is 2.94. The molecule has 0 saturated carbocycles. The highest BCUT2D eigenvalue weighted by Crippen LogP contribution is 2.21. The highest BCUT2D eigenvalue weighted by molar-refractivity contribution is 5.61. The number of nitrogens with two attached hydrogens (primary N) is 1. The van der Waals surface area contributed by atoms with E-state index in [2.05, 4.69) is 35.2 Å². The van der Waals surface area contributed by atoms with Crippen LogP contribution < -0.4 is 11.1 Å². The summed E-state index contributed by atoms with van der Waals surface area (Å²) in [6.07, 6.45) is 2.45. The maximum Gasteiger partial charge on any atom is 0.134 e. The van der Waals surface area contributed by atoms with E-state index in [1.807, 2.05) is 18.2 Å². The molecule has 0 aliphatic carbocycles. The van der Waals surface area contributed by atoms with Gasteiger partial charge in [-0.05, 0) is 43.7 Å². The van der Waals surface area contributed by atoms with E-state index < -0.39 is 0 Å². The summed E-state index contributed by atoms with van der Waals surface area (Å²) < 4.78 is 0. The molecule has 0 aliphatic rings. The molecule has 2 rings (SSSR count). The fourth-order valence-corrected chi connectivity index (χ4v) is 1.74. The lowest BCUT2D eigenvalue weighted by molar-refractivity contribution is 0.869. The molecular weight excluding hydrogens is 224 g/mol. The standard InChI is InChI=1S/C14H18N4/c1-10-4-3-5-12(11(10)2)17-14-7-9-16-13(18-14)6-8-15/h3-5,7,9H,6,8,15H2,1-2H3,(H,16,17,18). The van der Waals surface area contributed by atoms with Crippen LogP contribution in [0.5, 0.6) is 0 Å². The second-order valence-electron chi connectivity index (χ2n) is 4.27. The van der Waals surface area contributed by atoms with Crippen LogP contribution in [0.1, 0.15) is 17.0 Å². The molecule has 2 aromatic rings. The third kappa shape index (κ3) is 2.84. The van der Waals surface area contributed by atoms with Gasteiger partial charge in [0.1, 0.15) is 11.6 Å². The van der Waals surface area contributed by atoms with E-state index in [4.69, 9.17) is 5.73 Å². The number of hydrogen-bond donors (Lipinski definition) is 2. The summed E-state index contributed by atoms with van der Waals surface area (Å²) in [6.45, 7) is 4.76. The summed E-state index contributed by atoms with van der Waals surface area (Å²) in [6, 6.07) is 8.04. The molecule has 1 aromatic carbocycles. The molecule has 0 bridgehead atoms. The van der Waals surface area contributed by atoms with E-state index in [0.717, 1.165) is 17.3 Å². The molecular formula is C14H18N4. The van der Waals surface area contributed by atoms with Gasteiger partial charge in [0, 0.05) is 18.3 Å². The lowest BCUT2D eigenvalue weighted by atomic mass is 10.1. The normalized spacial score (nSPS) is 10.4. The van der Waals surface area contributed by atoms with E-state index in [0.29, 0.717) is 13.0 Å². The van der Waals surface area contributed by atoms with Crippen LogP contribution >= 0.6 is 0 Å². The summed E-state index contributed by atoms with van der Waals surface area (Å²) in [5.74, 6) is 1.58. The minimum Gasteiger partial charge on any atom is -0.340 e. The Balaban J connectivity index is 2.23. The summed E-state index contributed by atoms with van der Waals surface area (Å²) in [5.41, 5.74) is 9.08. The molecule has 0 atom stereocenters. The van der Waals surface area contributed by atoms with E-state index >= 15 is 0 Å². The lowest BCUT2D eigenvalue weighted by Crippen LogP contribution is -2.07. The Bertz CT molecular complexity index is 537. The van der Waals surface area contributed by atoms with Gasteiger partial charge in [-0.2, -0.15) is 0 Å². The third-order valence-corrected chi connectivity index (χ3v) is 2.94. The highest BCUT2D eigenvalue weighted by Gasteiger charge is 2.03. The average Bonchev–Trinajstić information content (AvgIpc) is 2.36. The molecule has 0 spiro atoms. The van der Waals surface area contributed by atoms with E-state index in [1.165, 1.54) is 11.1 Å². The largest absolute Gasteiger partial charge is 0.340 e. The Morgan fingerprint density at radius 1 is 1.22 bits per heavy atom. The molecule has 0 aliphatic heterocycles. The zero-order valence-corrected chi connectivity index (χ0v) is 10.8. The zero-order valence-electron chi connectivity index (χ0n) is 10.8. The number of benzene rings is 1. The molecule has 4 heteroatoms. The predicted molar refractivity (Wildman–Crippen MR) is 74.0 cm³/mol. The zero-order chi connectivity index (χ0) is 13.0. The Morgan fingerprint density at radius 3 is 2.83 bits per heavy atom. The van der Waals surface area contributed by atoms with Crippen LogP contribution in [0.15, 0.2) is 30.5 Å². The second-order valence-corrected chi connectivity index (χ2v) is 4.27. The molecule has 94 valence electrons. The van der Waals surface area contributed by atoms with Crippen molar-refractivity contribution in [2.45, 2.75) is 20.3 Å². The first-order chi connectivity index (χ1) is 8.70. The van der Waals surface area contributed by atoms with Crippen molar-refractivity contribution in [1.29, 1.82) is 0 Å². The number of rotatable bonds is 4. The Kier molecular flexibility index (Phi) is 3.89. The van der Waals surface area contributed by atoms with E-state index in [1.54, 1.807) is 6.20 Å². The first-order valence-electron chi connectivity index (χ1n) is 6.06. The van der Waals surface area contributed by atoms with Crippen molar-refractivity contribution in [1.82, 2.24) is 9.97 Å². The summed E-state index contributed by atoms with van der Waals surface area (Å²) in [7, 11) is 0. The number of nitrogens with one attached hydrogen (secondary N) is 1. The lowest BCUT2D eigenvalue weighted by Gasteiger charge is -2.11. The molecule has 1 aromatic heterocycles. The van der Waals surface area contributed by atoms with Crippen LogP contribution in [0.4, 0.5) is 11.5 Å². The topological polar surface area (TPSA) is 63.8 Å². The van der Waals surface area contributed by atoms with Gasteiger partial charge < -0.3 is 11.1 Å². The van der Waals surface area contributed by atoms with Gasteiger partial charge in [-0.15, -0.1) is 0 Å². The van der Waals surface area contributed by atoms with Gasteiger partial charge in [0.15, 0.2) is 0 Å². The fraction of sp³-hybridized carbons (Fsp3) is 0.286. The van der Waals surface area contributed by atoms with Crippen molar-refractivity contribution < 1.29 is 0 Å². The van der Waals surface area contributed by atoms with Crippen LogP contribution in [0.25, 0.3) is 0 Å². The Morgan fingerprint density at radius 2 is 2.06 bits per heavy atom. The molecule has 0 saturated heterocycles. The quantitative estimate of drug-likeness (QED) is 0.863. The molecule has 4 nitrogen and oxygen atoms in total. The Hall–Kier alpha value is -1.94. The second kappa shape index (κ2) is 5.60. The first kappa shape index (κ1) is 12.5. The van der Waals surface area contributed by atoms with Crippen molar-refractivity contribution in [2.24, 2.45) is 5.73 Å². The molecule has 0 amide bonds. The van der Waals surface area contributed by atoms with Gasteiger partial charge in [-0.1, -0.05) is 12.1 Å². The van der Waals surface area contributed by atoms with Crippen LogP contribution in [0, 0.1) is 13.8 Å². The van der Waals surface area contributed by atoms with Crippen molar-refractivity contribution in [3.63, 3.8) is 0 Å². The molecule has 1 heterocycles. The minimum atomic E-state index is 0.562. The van der Waals surface area contributed by atoms with Crippen LogP contribution in [0.2, 0.25) is 0 Å². The number of aryl methyl sites for hydroxylation is 1. The number of nitrogens with zero attached hydrogens (tertiary/aromatic N) is 2. The SMILES string of the molecule is Cc1cccc(Nc2ccnc(CCN)n2)c1C. The van der Waals surface area contributed by atoms with Crippen LogP contribution in [0.3, 0.4) is 0 Å². The van der Waals surface area contributed by atoms with Gasteiger partial charge in [0.05, 0.1) is 0 Å². The summed E-state index contributed by atoms with van der Waals surface area (Å²) >= 11 is 0. The van der Waals surface area contributed by atoms with Gasteiger partial charge in [-0.3, -0.25) is 0 Å². The van der Waals surface area contributed by atoms with Crippen LogP contribution in [-0.2, 0) is 6.42 Å². The van der Waals surface area contributed by atoms with Gasteiger partial charge in [0.2, 0.25) is 0 Å². The van der Waals surface area contributed by atoms with Crippen molar-refractivity contribution in [2.75, 3.05) is 11.9 Å². The summed E-state index contributed by atoms with van der Waals surface area (Å²) in [4.78, 5) is 8.61. The predicted octanol–water partition coefficient (Wildman–Crippen LogP) is 2.34. The van der Waals surface area contributed by atoms with Crippen molar-refractivity contribution >= 4 is 11.5 Å². The minimum absolute atomic E-state index is 0.562. The number of aromatic nitrogens is 2. The highest BCUT2D eigenvalue weighted by atomic mass is 15.0. The van der Waals surface area contributed by atoms with Crippen LogP contribution in [-0.4, -0.2) is 16.5 Å². The Labute approximate surface area is 107 Å². The molecule has 0 fully saturated rings. The molecule has 0 unspecified atom stereocenters. The fourth-order valence-electron chi connectivity index (χ4n) is 1.74. The number of anilines is 2. The molecule has 0 radical (unpaired) electrons. The first-order valence-corrected chi connectivity index (χ1v) is 6.06. The monoisotopic (exact) mass is 242 g/mol. The smallest absolute Gasteiger partial charge is 0.134 e. The molecule has 3 N–H and O–H groups in total. The number of hydrogen-bond acceptors (Lipinski definition) is 4. The maximum atomic E-state index is 5.51. The average molecular weight is 242 g/mol.